The maximum Gasteiger partial charge on any atom is 0.287 e. The molecule has 0 radical (unpaired) electrons. The van der Waals surface area contributed by atoms with Gasteiger partial charge in [-0.2, -0.15) is 0 Å². The standard InChI is InChI=1S/C23H28N4O5/c1-31-18-7-4-15(5-8-18)12-24-21(28)9-6-17-13-25-22(29)19-11-16(14-27(17)19)26-23(30)20-3-2-10-32-20/h2-5,7-8,10,16-17,19H,6,9,11-14H2,1H3,(H,24,28)(H,25,29)(H,26,30)/t16-,17+,19-/m0/s1. The predicted molar refractivity (Wildman–Crippen MR) is 116 cm³/mol. The summed E-state index contributed by atoms with van der Waals surface area (Å²) >= 11 is 0. The Balaban J connectivity index is 1.26. The molecule has 2 aromatic rings. The van der Waals surface area contributed by atoms with Gasteiger partial charge in [0, 0.05) is 38.1 Å². The van der Waals surface area contributed by atoms with E-state index in [2.05, 4.69) is 20.9 Å². The summed E-state index contributed by atoms with van der Waals surface area (Å²) < 4.78 is 10.3. The van der Waals surface area contributed by atoms with Crippen molar-refractivity contribution >= 4 is 17.7 Å². The number of carbonyl (C=O) groups is 3. The van der Waals surface area contributed by atoms with Gasteiger partial charge in [0.2, 0.25) is 11.8 Å². The monoisotopic (exact) mass is 440 g/mol. The Morgan fingerprint density at radius 1 is 1.25 bits per heavy atom. The summed E-state index contributed by atoms with van der Waals surface area (Å²) in [5, 5.41) is 8.83. The Morgan fingerprint density at radius 2 is 2.06 bits per heavy atom. The first-order valence-corrected chi connectivity index (χ1v) is 10.8. The Hall–Kier alpha value is -3.33. The minimum Gasteiger partial charge on any atom is -0.497 e. The van der Waals surface area contributed by atoms with Crippen molar-refractivity contribution in [2.24, 2.45) is 0 Å². The molecule has 1 aromatic carbocycles. The minimum atomic E-state index is -0.294. The van der Waals surface area contributed by atoms with Crippen molar-refractivity contribution in [3.63, 3.8) is 0 Å². The molecule has 3 heterocycles. The van der Waals surface area contributed by atoms with Gasteiger partial charge in [-0.3, -0.25) is 19.3 Å². The third-order valence-corrected chi connectivity index (χ3v) is 6.06. The van der Waals surface area contributed by atoms with Crippen molar-refractivity contribution in [3.8, 4) is 5.75 Å². The molecule has 2 saturated heterocycles. The second kappa shape index (κ2) is 9.86. The van der Waals surface area contributed by atoms with E-state index in [1.54, 1.807) is 19.2 Å². The fourth-order valence-electron chi connectivity index (χ4n) is 4.34. The van der Waals surface area contributed by atoms with Gasteiger partial charge in [-0.05, 0) is 42.7 Å². The van der Waals surface area contributed by atoms with E-state index in [0.29, 0.717) is 38.9 Å². The quantitative estimate of drug-likeness (QED) is 0.566. The zero-order chi connectivity index (χ0) is 22.5. The van der Waals surface area contributed by atoms with Crippen LogP contribution in [0, 0.1) is 0 Å². The van der Waals surface area contributed by atoms with Crippen LogP contribution in [0.4, 0.5) is 0 Å². The van der Waals surface area contributed by atoms with E-state index in [1.165, 1.54) is 6.26 Å². The molecular formula is C23H28N4O5. The number of furan rings is 1. The van der Waals surface area contributed by atoms with Crippen molar-refractivity contribution in [1.29, 1.82) is 0 Å². The summed E-state index contributed by atoms with van der Waals surface area (Å²) in [6.07, 6.45) is 2.99. The van der Waals surface area contributed by atoms with Crippen molar-refractivity contribution in [2.45, 2.75) is 43.9 Å². The molecule has 0 bridgehead atoms. The molecule has 9 heteroatoms. The van der Waals surface area contributed by atoms with E-state index in [0.717, 1.165) is 11.3 Å². The van der Waals surface area contributed by atoms with Crippen LogP contribution in [-0.2, 0) is 16.1 Å². The molecule has 3 N–H and O–H groups in total. The van der Waals surface area contributed by atoms with Crippen molar-refractivity contribution < 1.29 is 23.5 Å². The molecule has 0 saturated carbocycles. The lowest BCUT2D eigenvalue weighted by Crippen LogP contribution is -2.58. The maximum atomic E-state index is 12.4. The third kappa shape index (κ3) is 5.11. The largest absolute Gasteiger partial charge is 0.497 e. The molecule has 2 aliphatic rings. The van der Waals surface area contributed by atoms with E-state index in [1.807, 2.05) is 24.3 Å². The van der Waals surface area contributed by atoms with E-state index < -0.39 is 0 Å². The molecule has 3 atom stereocenters. The molecule has 170 valence electrons. The highest BCUT2D eigenvalue weighted by molar-refractivity contribution is 5.91. The zero-order valence-electron chi connectivity index (χ0n) is 18.0. The average molecular weight is 441 g/mol. The number of hydrogen-bond acceptors (Lipinski definition) is 6. The average Bonchev–Trinajstić information content (AvgIpc) is 3.48. The molecule has 0 unspecified atom stereocenters. The number of nitrogens with one attached hydrogen (secondary N) is 3. The zero-order valence-corrected chi connectivity index (χ0v) is 18.0. The van der Waals surface area contributed by atoms with Gasteiger partial charge in [0.15, 0.2) is 5.76 Å². The highest BCUT2D eigenvalue weighted by Gasteiger charge is 2.43. The number of ether oxygens (including phenoxy) is 1. The number of fused-ring (bicyclic) bond motifs is 1. The van der Waals surface area contributed by atoms with E-state index >= 15 is 0 Å². The van der Waals surface area contributed by atoms with Crippen molar-refractivity contribution in [2.75, 3.05) is 20.2 Å². The molecule has 4 rings (SSSR count). The SMILES string of the molecule is COc1ccc(CNC(=O)CC[C@@H]2CNC(=O)[C@@H]3C[C@H](NC(=O)c4ccco4)CN23)cc1. The van der Waals surface area contributed by atoms with Gasteiger partial charge >= 0.3 is 0 Å². The minimum absolute atomic E-state index is 0.0278. The smallest absolute Gasteiger partial charge is 0.287 e. The predicted octanol–water partition coefficient (Wildman–Crippen LogP) is 1.06. The van der Waals surface area contributed by atoms with Crippen LogP contribution in [0.3, 0.4) is 0 Å². The van der Waals surface area contributed by atoms with Crippen LogP contribution in [0.2, 0.25) is 0 Å². The first-order chi connectivity index (χ1) is 15.5. The summed E-state index contributed by atoms with van der Waals surface area (Å²) in [6.45, 7) is 1.53. The van der Waals surface area contributed by atoms with Gasteiger partial charge in [-0.15, -0.1) is 0 Å². The maximum absolute atomic E-state index is 12.4. The topological polar surface area (TPSA) is 113 Å². The molecule has 0 aliphatic carbocycles. The van der Waals surface area contributed by atoms with Crippen molar-refractivity contribution in [1.82, 2.24) is 20.9 Å². The normalized spacial score (nSPS) is 22.7. The van der Waals surface area contributed by atoms with Gasteiger partial charge in [-0.25, -0.2) is 0 Å². The van der Waals surface area contributed by atoms with Crippen LogP contribution in [0.15, 0.2) is 47.1 Å². The lowest BCUT2D eigenvalue weighted by molar-refractivity contribution is -0.129. The van der Waals surface area contributed by atoms with Gasteiger partial charge in [-0.1, -0.05) is 12.1 Å². The van der Waals surface area contributed by atoms with E-state index in [4.69, 9.17) is 9.15 Å². The number of piperazine rings is 1. The first kappa shape index (κ1) is 21.9. The fraction of sp³-hybridized carbons (Fsp3) is 0.435. The molecular weight excluding hydrogens is 412 g/mol. The Bertz CT molecular complexity index is 944. The number of hydrogen-bond donors (Lipinski definition) is 3. The molecule has 2 aliphatic heterocycles. The van der Waals surface area contributed by atoms with E-state index in [9.17, 15) is 14.4 Å². The Labute approximate surface area is 186 Å². The summed E-state index contributed by atoms with van der Waals surface area (Å²) in [4.78, 5) is 39.1. The second-order valence-corrected chi connectivity index (χ2v) is 8.16. The summed E-state index contributed by atoms with van der Waals surface area (Å²) in [6, 6.07) is 10.4. The third-order valence-electron chi connectivity index (χ3n) is 6.06. The molecule has 0 spiro atoms. The van der Waals surface area contributed by atoms with Crippen LogP contribution in [0.5, 0.6) is 5.75 Å². The van der Waals surface area contributed by atoms with Gasteiger partial charge in [0.1, 0.15) is 5.75 Å². The van der Waals surface area contributed by atoms with E-state index in [-0.39, 0.29) is 41.6 Å². The molecule has 1 aromatic heterocycles. The fourth-order valence-corrected chi connectivity index (χ4v) is 4.34. The van der Waals surface area contributed by atoms with Crippen LogP contribution in [0.1, 0.15) is 35.4 Å². The lowest BCUT2D eigenvalue weighted by atomic mass is 10.0. The summed E-state index contributed by atoms with van der Waals surface area (Å²) in [7, 11) is 1.62. The van der Waals surface area contributed by atoms with Crippen molar-refractivity contribution in [3.05, 3.63) is 54.0 Å². The lowest BCUT2D eigenvalue weighted by Gasteiger charge is -2.37. The molecule has 9 nitrogen and oxygen atoms in total. The van der Waals surface area contributed by atoms with Gasteiger partial charge in [0.05, 0.1) is 19.4 Å². The van der Waals surface area contributed by atoms with Crippen LogP contribution < -0.4 is 20.7 Å². The summed E-state index contributed by atoms with van der Waals surface area (Å²) in [5.74, 6) is 0.688. The first-order valence-electron chi connectivity index (χ1n) is 10.8. The highest BCUT2D eigenvalue weighted by atomic mass is 16.5. The molecule has 3 amide bonds. The number of carbonyl (C=O) groups excluding carboxylic acids is 3. The highest BCUT2D eigenvalue weighted by Crippen LogP contribution is 2.26. The van der Waals surface area contributed by atoms with Crippen LogP contribution >= 0.6 is 0 Å². The second-order valence-electron chi connectivity index (χ2n) is 8.16. The summed E-state index contributed by atoms with van der Waals surface area (Å²) in [5.41, 5.74) is 0.999. The van der Waals surface area contributed by atoms with Gasteiger partial charge < -0.3 is 25.1 Å². The number of methoxy groups -OCH3 is 1. The Morgan fingerprint density at radius 3 is 2.78 bits per heavy atom. The van der Waals surface area contributed by atoms with Crippen LogP contribution in [0.25, 0.3) is 0 Å². The number of rotatable bonds is 8. The van der Waals surface area contributed by atoms with Gasteiger partial charge in [0.25, 0.3) is 5.91 Å². The number of benzene rings is 1. The molecule has 32 heavy (non-hydrogen) atoms. The number of amides is 3. The van der Waals surface area contributed by atoms with Crippen LogP contribution in [-0.4, -0.2) is 60.9 Å². The molecule has 2 fully saturated rings. The number of nitrogens with zero attached hydrogens (tertiary/aromatic N) is 1. The Kier molecular flexibility index (Phi) is 6.75.